The molecular formula is C12H10BrFN2O2. The third-order valence-electron chi connectivity index (χ3n) is 2.25. The third-order valence-corrected chi connectivity index (χ3v) is 2.90. The number of rotatable bonds is 3. The lowest BCUT2D eigenvalue weighted by molar-refractivity contribution is 0.0946. The smallest absolute Gasteiger partial charge is 0.252 e. The molecule has 0 saturated carbocycles. The van der Waals surface area contributed by atoms with Gasteiger partial charge in [0.05, 0.1) is 18.3 Å². The van der Waals surface area contributed by atoms with Crippen LogP contribution in [0.1, 0.15) is 22.0 Å². The van der Waals surface area contributed by atoms with Crippen LogP contribution in [0.2, 0.25) is 0 Å². The number of amides is 1. The maximum absolute atomic E-state index is 12.9. The Labute approximate surface area is 111 Å². The highest BCUT2D eigenvalue weighted by atomic mass is 79.9. The maximum Gasteiger partial charge on any atom is 0.252 e. The Hall–Kier alpha value is -1.69. The SMILES string of the molecule is Cc1cnc(CNC(=O)c2ccc(F)cc2Br)o1. The zero-order chi connectivity index (χ0) is 13.1. The molecule has 0 unspecified atom stereocenters. The van der Waals surface area contributed by atoms with Crippen LogP contribution in [0.4, 0.5) is 4.39 Å². The highest BCUT2D eigenvalue weighted by Crippen LogP contribution is 2.17. The number of aromatic nitrogens is 1. The molecule has 4 nitrogen and oxygen atoms in total. The predicted octanol–water partition coefficient (Wildman–Crippen LogP) is 2.81. The Morgan fingerprint density at radius 1 is 1.56 bits per heavy atom. The van der Waals surface area contributed by atoms with Gasteiger partial charge in [-0.25, -0.2) is 9.37 Å². The molecule has 18 heavy (non-hydrogen) atoms. The summed E-state index contributed by atoms with van der Waals surface area (Å²) in [6, 6.07) is 3.88. The van der Waals surface area contributed by atoms with Crippen molar-refractivity contribution in [2.45, 2.75) is 13.5 Å². The lowest BCUT2D eigenvalue weighted by Crippen LogP contribution is -2.23. The van der Waals surface area contributed by atoms with E-state index in [0.29, 0.717) is 21.7 Å². The molecule has 1 aromatic heterocycles. The molecule has 94 valence electrons. The van der Waals surface area contributed by atoms with E-state index in [1.807, 2.05) is 0 Å². The molecule has 1 amide bonds. The topological polar surface area (TPSA) is 55.1 Å². The van der Waals surface area contributed by atoms with Gasteiger partial charge in [-0.2, -0.15) is 0 Å². The maximum atomic E-state index is 12.9. The second kappa shape index (κ2) is 5.30. The van der Waals surface area contributed by atoms with E-state index < -0.39 is 5.82 Å². The predicted molar refractivity (Wildman–Crippen MR) is 66.5 cm³/mol. The molecule has 2 rings (SSSR count). The average molecular weight is 313 g/mol. The van der Waals surface area contributed by atoms with Gasteiger partial charge >= 0.3 is 0 Å². The number of nitrogens with one attached hydrogen (secondary N) is 1. The van der Waals surface area contributed by atoms with Crippen LogP contribution in [0.25, 0.3) is 0 Å². The molecule has 0 aliphatic carbocycles. The molecule has 6 heteroatoms. The lowest BCUT2D eigenvalue weighted by Gasteiger charge is -2.05. The summed E-state index contributed by atoms with van der Waals surface area (Å²) in [5, 5.41) is 2.64. The Morgan fingerprint density at radius 3 is 2.94 bits per heavy atom. The van der Waals surface area contributed by atoms with E-state index >= 15 is 0 Å². The number of hydrogen-bond donors (Lipinski definition) is 1. The Bertz CT molecular complexity index is 583. The van der Waals surface area contributed by atoms with Crippen molar-refractivity contribution >= 4 is 21.8 Å². The van der Waals surface area contributed by atoms with Crippen LogP contribution in [0, 0.1) is 12.7 Å². The fourth-order valence-electron chi connectivity index (χ4n) is 1.41. The van der Waals surface area contributed by atoms with Gasteiger partial charge in [-0.05, 0) is 41.1 Å². The highest BCUT2D eigenvalue weighted by molar-refractivity contribution is 9.10. The van der Waals surface area contributed by atoms with Crippen molar-refractivity contribution < 1.29 is 13.6 Å². The van der Waals surface area contributed by atoms with Gasteiger partial charge in [0.1, 0.15) is 11.6 Å². The summed E-state index contributed by atoms with van der Waals surface area (Å²) < 4.78 is 18.5. The van der Waals surface area contributed by atoms with Crippen molar-refractivity contribution in [2.24, 2.45) is 0 Å². The molecule has 1 aromatic carbocycles. The average Bonchev–Trinajstić information content (AvgIpc) is 2.72. The molecule has 1 N–H and O–H groups in total. The van der Waals surface area contributed by atoms with Gasteiger partial charge in [0, 0.05) is 4.47 Å². The van der Waals surface area contributed by atoms with Gasteiger partial charge < -0.3 is 9.73 Å². The molecule has 0 atom stereocenters. The van der Waals surface area contributed by atoms with Crippen LogP contribution in [0.5, 0.6) is 0 Å². The molecule has 2 aromatic rings. The second-order valence-corrected chi connectivity index (χ2v) is 4.53. The van der Waals surface area contributed by atoms with Crippen LogP contribution in [-0.4, -0.2) is 10.9 Å². The van der Waals surface area contributed by atoms with E-state index in [2.05, 4.69) is 26.2 Å². The first-order valence-corrected chi connectivity index (χ1v) is 6.00. The monoisotopic (exact) mass is 312 g/mol. The van der Waals surface area contributed by atoms with Crippen LogP contribution in [-0.2, 0) is 6.54 Å². The second-order valence-electron chi connectivity index (χ2n) is 3.67. The van der Waals surface area contributed by atoms with Crippen molar-refractivity contribution in [3.05, 3.63) is 51.9 Å². The first-order valence-electron chi connectivity index (χ1n) is 5.21. The minimum Gasteiger partial charge on any atom is -0.444 e. The number of carbonyl (C=O) groups is 1. The van der Waals surface area contributed by atoms with Crippen LogP contribution >= 0.6 is 15.9 Å². The van der Waals surface area contributed by atoms with Crippen LogP contribution in [0.3, 0.4) is 0 Å². The van der Waals surface area contributed by atoms with E-state index in [9.17, 15) is 9.18 Å². The molecule has 0 radical (unpaired) electrons. The first-order chi connectivity index (χ1) is 8.56. The fourth-order valence-corrected chi connectivity index (χ4v) is 1.94. The van der Waals surface area contributed by atoms with E-state index in [-0.39, 0.29) is 12.5 Å². The molecule has 0 aliphatic heterocycles. The van der Waals surface area contributed by atoms with E-state index in [4.69, 9.17) is 4.42 Å². The molecule has 0 bridgehead atoms. The number of benzene rings is 1. The highest BCUT2D eigenvalue weighted by Gasteiger charge is 2.11. The summed E-state index contributed by atoms with van der Waals surface area (Å²) >= 11 is 3.14. The summed E-state index contributed by atoms with van der Waals surface area (Å²) in [7, 11) is 0. The third kappa shape index (κ3) is 2.95. The number of hydrogen-bond acceptors (Lipinski definition) is 3. The molecule has 0 spiro atoms. The summed E-state index contributed by atoms with van der Waals surface area (Å²) in [5.74, 6) is 0.390. The Kier molecular flexibility index (Phi) is 3.76. The van der Waals surface area contributed by atoms with Crippen molar-refractivity contribution in [2.75, 3.05) is 0 Å². The number of carbonyl (C=O) groups excluding carboxylic acids is 1. The lowest BCUT2D eigenvalue weighted by atomic mass is 10.2. The van der Waals surface area contributed by atoms with Gasteiger partial charge in [-0.3, -0.25) is 4.79 Å². The Morgan fingerprint density at radius 2 is 2.33 bits per heavy atom. The normalized spacial score (nSPS) is 10.4. The molecule has 0 aliphatic rings. The number of halogens is 2. The van der Waals surface area contributed by atoms with Gasteiger partial charge in [0.25, 0.3) is 5.91 Å². The summed E-state index contributed by atoms with van der Waals surface area (Å²) in [4.78, 5) is 15.8. The van der Waals surface area contributed by atoms with Gasteiger partial charge in [-0.1, -0.05) is 0 Å². The minimum atomic E-state index is -0.401. The quantitative estimate of drug-likeness (QED) is 0.948. The van der Waals surface area contributed by atoms with Crippen molar-refractivity contribution in [1.29, 1.82) is 0 Å². The van der Waals surface area contributed by atoms with E-state index in [1.54, 1.807) is 13.1 Å². The number of nitrogens with zero attached hydrogens (tertiary/aromatic N) is 1. The summed E-state index contributed by atoms with van der Waals surface area (Å²) in [6.07, 6.45) is 1.58. The zero-order valence-electron chi connectivity index (χ0n) is 9.54. The zero-order valence-corrected chi connectivity index (χ0v) is 11.1. The molecular weight excluding hydrogens is 303 g/mol. The van der Waals surface area contributed by atoms with Gasteiger partial charge in [0.15, 0.2) is 0 Å². The van der Waals surface area contributed by atoms with E-state index in [0.717, 1.165) is 0 Å². The minimum absolute atomic E-state index is 0.191. The van der Waals surface area contributed by atoms with Crippen LogP contribution in [0.15, 0.2) is 33.3 Å². The first kappa shape index (κ1) is 12.8. The number of oxazole rings is 1. The molecule has 0 saturated heterocycles. The molecule has 0 fully saturated rings. The van der Waals surface area contributed by atoms with Crippen LogP contribution < -0.4 is 5.32 Å². The van der Waals surface area contributed by atoms with E-state index in [1.165, 1.54) is 18.2 Å². The van der Waals surface area contributed by atoms with Crippen molar-refractivity contribution in [3.63, 3.8) is 0 Å². The van der Waals surface area contributed by atoms with Crippen molar-refractivity contribution in [1.82, 2.24) is 10.3 Å². The summed E-state index contributed by atoms with van der Waals surface area (Å²) in [6.45, 7) is 1.96. The van der Waals surface area contributed by atoms with Gasteiger partial charge in [0.2, 0.25) is 5.89 Å². The Balaban J connectivity index is 2.03. The van der Waals surface area contributed by atoms with Crippen molar-refractivity contribution in [3.8, 4) is 0 Å². The standard InChI is InChI=1S/C12H10BrFN2O2/c1-7-5-15-11(18-7)6-16-12(17)9-3-2-8(14)4-10(9)13/h2-5H,6H2,1H3,(H,16,17). The van der Waals surface area contributed by atoms with Gasteiger partial charge in [-0.15, -0.1) is 0 Å². The largest absolute Gasteiger partial charge is 0.444 e. The summed E-state index contributed by atoms with van der Waals surface area (Å²) in [5.41, 5.74) is 0.361. The molecule has 1 heterocycles. The number of aryl methyl sites for hydroxylation is 1. The fraction of sp³-hybridized carbons (Fsp3) is 0.167.